The Hall–Kier alpha value is -1.66. The normalized spacial score (nSPS) is 12.6. The summed E-state index contributed by atoms with van der Waals surface area (Å²) >= 11 is 0. The number of carbonyl (C=O) groups is 2. The lowest BCUT2D eigenvalue weighted by Crippen LogP contribution is -2.45. The van der Waals surface area contributed by atoms with Crippen molar-refractivity contribution in [3.63, 3.8) is 0 Å². The van der Waals surface area contributed by atoms with Gasteiger partial charge in [-0.2, -0.15) is 0 Å². The molecule has 0 aromatic heterocycles. The molecule has 2 unspecified atom stereocenters. The van der Waals surface area contributed by atoms with Gasteiger partial charge in [-0.25, -0.2) is 0 Å². The van der Waals surface area contributed by atoms with Crippen LogP contribution in [0.4, 0.5) is 0 Å². The third kappa shape index (κ3) is 67.3. The predicted octanol–water partition coefficient (Wildman–Crippen LogP) is 24.1. The number of aliphatic hydroxyl groups is 2. The van der Waals surface area contributed by atoms with Crippen LogP contribution in [0.1, 0.15) is 418 Å². The maximum atomic E-state index is 12.5. The fourth-order valence-electron chi connectivity index (χ4n) is 11.8. The number of allylic oxidation sites excluding steroid dienone is 3. The van der Waals surface area contributed by atoms with E-state index in [-0.39, 0.29) is 18.5 Å². The molecule has 6 nitrogen and oxygen atoms in total. The number of carbonyl (C=O) groups excluding carboxylic acids is 2. The van der Waals surface area contributed by atoms with Crippen molar-refractivity contribution in [2.75, 3.05) is 13.2 Å². The average molecular weight is 1140 g/mol. The molecule has 0 radical (unpaired) electrons. The molecule has 0 bridgehead atoms. The van der Waals surface area contributed by atoms with Crippen LogP contribution in [0.5, 0.6) is 0 Å². The summed E-state index contributed by atoms with van der Waals surface area (Å²) in [7, 11) is 0. The molecule has 0 aliphatic carbocycles. The smallest absolute Gasteiger partial charge is 0.305 e. The average Bonchev–Trinajstić information content (AvgIpc) is 3.47. The summed E-state index contributed by atoms with van der Waals surface area (Å²) in [6.45, 7) is 4.94. The number of aliphatic hydroxyl groups excluding tert-OH is 2. The minimum Gasteiger partial charge on any atom is -0.466 e. The lowest BCUT2D eigenvalue weighted by atomic mass is 10.0. The molecule has 0 rings (SSSR count). The standard InChI is InChI=1S/C75H145NO5/c1-3-5-7-9-11-13-15-17-19-35-39-43-47-51-55-59-63-67-73(78)72(71-77)76-74(79)68-64-60-56-52-48-44-40-37-33-31-29-27-25-23-21-22-24-26-28-30-32-34-38-42-46-50-54-58-62-66-70-81-75(80)69-65-61-57-53-49-45-41-36-20-18-16-14-12-10-8-6-4-2/h18,20,63,67,72-73,77-78H,3-17,19,21-62,64-66,68-71H2,1-2H3,(H,76,79)/b20-18-,67-63+. The second-order valence-corrected chi connectivity index (χ2v) is 25.6. The van der Waals surface area contributed by atoms with Crippen molar-refractivity contribution in [1.29, 1.82) is 0 Å². The number of amides is 1. The van der Waals surface area contributed by atoms with Gasteiger partial charge < -0.3 is 20.3 Å². The highest BCUT2D eigenvalue weighted by Crippen LogP contribution is 2.19. The molecule has 0 heterocycles. The predicted molar refractivity (Wildman–Crippen MR) is 356 cm³/mol. The molecular formula is C75H145NO5. The number of hydrogen-bond donors (Lipinski definition) is 3. The molecule has 2 atom stereocenters. The van der Waals surface area contributed by atoms with Crippen LogP contribution < -0.4 is 5.32 Å². The first-order valence-electron chi connectivity index (χ1n) is 37.1. The molecule has 0 saturated carbocycles. The third-order valence-corrected chi connectivity index (χ3v) is 17.5. The van der Waals surface area contributed by atoms with E-state index in [4.69, 9.17) is 4.74 Å². The van der Waals surface area contributed by atoms with Crippen LogP contribution in [0, 0.1) is 0 Å². The van der Waals surface area contributed by atoms with E-state index in [9.17, 15) is 19.8 Å². The van der Waals surface area contributed by atoms with Gasteiger partial charge in [-0.1, -0.05) is 372 Å². The van der Waals surface area contributed by atoms with Gasteiger partial charge in [0.25, 0.3) is 0 Å². The van der Waals surface area contributed by atoms with Gasteiger partial charge in [0.2, 0.25) is 5.91 Å². The van der Waals surface area contributed by atoms with Crippen LogP contribution in [0.2, 0.25) is 0 Å². The summed E-state index contributed by atoms with van der Waals surface area (Å²) in [6.07, 6.45) is 89.9. The van der Waals surface area contributed by atoms with E-state index in [1.165, 1.54) is 347 Å². The van der Waals surface area contributed by atoms with Crippen molar-refractivity contribution in [3.8, 4) is 0 Å². The van der Waals surface area contributed by atoms with Gasteiger partial charge in [0.15, 0.2) is 0 Å². The Labute approximate surface area is 507 Å². The van der Waals surface area contributed by atoms with Crippen LogP contribution in [-0.4, -0.2) is 47.4 Å². The Kier molecular flexibility index (Phi) is 69.4. The molecule has 0 aromatic carbocycles. The fourth-order valence-corrected chi connectivity index (χ4v) is 11.8. The summed E-state index contributed by atoms with van der Waals surface area (Å²) in [4.78, 5) is 24.6. The molecule has 3 N–H and O–H groups in total. The monoisotopic (exact) mass is 1140 g/mol. The molecule has 6 heteroatoms. The largest absolute Gasteiger partial charge is 0.466 e. The maximum Gasteiger partial charge on any atom is 0.305 e. The number of hydrogen-bond acceptors (Lipinski definition) is 5. The highest BCUT2D eigenvalue weighted by molar-refractivity contribution is 5.76. The van der Waals surface area contributed by atoms with Crippen molar-refractivity contribution in [2.45, 2.75) is 431 Å². The number of unbranched alkanes of at least 4 members (excludes halogenated alkanes) is 57. The second kappa shape index (κ2) is 70.8. The summed E-state index contributed by atoms with van der Waals surface area (Å²) in [6, 6.07) is -0.625. The van der Waals surface area contributed by atoms with E-state index >= 15 is 0 Å². The number of nitrogens with one attached hydrogen (secondary N) is 1. The fraction of sp³-hybridized carbons (Fsp3) is 0.920. The van der Waals surface area contributed by atoms with Crippen LogP contribution in [0.15, 0.2) is 24.3 Å². The van der Waals surface area contributed by atoms with E-state index in [2.05, 4.69) is 31.3 Å². The first-order chi connectivity index (χ1) is 40.0. The quantitative estimate of drug-likeness (QED) is 0.0320. The van der Waals surface area contributed by atoms with Crippen LogP contribution >= 0.6 is 0 Å². The topological polar surface area (TPSA) is 95.9 Å². The maximum absolute atomic E-state index is 12.5. The summed E-state index contributed by atoms with van der Waals surface area (Å²) in [5.41, 5.74) is 0. The van der Waals surface area contributed by atoms with Gasteiger partial charge >= 0.3 is 5.97 Å². The Morgan fingerprint density at radius 2 is 0.580 bits per heavy atom. The van der Waals surface area contributed by atoms with E-state index in [0.29, 0.717) is 19.4 Å². The van der Waals surface area contributed by atoms with Gasteiger partial charge in [-0.3, -0.25) is 9.59 Å². The zero-order valence-electron chi connectivity index (χ0n) is 55.0. The van der Waals surface area contributed by atoms with Gasteiger partial charge in [0, 0.05) is 12.8 Å². The molecule has 0 fully saturated rings. The number of rotatable bonds is 70. The second-order valence-electron chi connectivity index (χ2n) is 25.6. The molecule has 480 valence electrons. The molecule has 0 saturated heterocycles. The van der Waals surface area contributed by atoms with Crippen molar-refractivity contribution < 1.29 is 24.5 Å². The molecular weight excluding hydrogens is 995 g/mol. The van der Waals surface area contributed by atoms with Crippen molar-refractivity contribution in [2.24, 2.45) is 0 Å². The van der Waals surface area contributed by atoms with Crippen molar-refractivity contribution >= 4 is 11.9 Å². The first-order valence-corrected chi connectivity index (χ1v) is 37.1. The van der Waals surface area contributed by atoms with Crippen LogP contribution in [-0.2, 0) is 14.3 Å². The Bertz CT molecular complexity index is 1270. The number of ether oxygens (including phenoxy) is 1. The van der Waals surface area contributed by atoms with Crippen LogP contribution in [0.25, 0.3) is 0 Å². The SMILES string of the molecule is CCCCCCCC/C=C\CCCCCCCCCC(=O)OCCCCCCCCCCCCCCCCCCCCCCCCCCCCCCCCC(=O)NC(CO)C(O)/C=C/CCCCCCCCCCCCCCCCC. The lowest BCUT2D eigenvalue weighted by Gasteiger charge is -2.20. The first kappa shape index (κ1) is 79.3. The summed E-state index contributed by atoms with van der Waals surface area (Å²) in [5, 5.41) is 23.2. The number of esters is 1. The minimum absolute atomic E-state index is 0.0173. The summed E-state index contributed by atoms with van der Waals surface area (Å²) in [5.74, 6) is -0.0434. The Morgan fingerprint density at radius 1 is 0.333 bits per heavy atom. The molecule has 1 amide bonds. The van der Waals surface area contributed by atoms with Crippen molar-refractivity contribution in [1.82, 2.24) is 5.32 Å². The van der Waals surface area contributed by atoms with E-state index < -0.39 is 12.1 Å². The zero-order chi connectivity index (χ0) is 58.5. The van der Waals surface area contributed by atoms with Gasteiger partial charge in [-0.15, -0.1) is 0 Å². The third-order valence-electron chi connectivity index (χ3n) is 17.5. The van der Waals surface area contributed by atoms with Gasteiger partial charge in [-0.05, 0) is 57.8 Å². The van der Waals surface area contributed by atoms with Gasteiger partial charge in [0.05, 0.1) is 25.4 Å². The minimum atomic E-state index is -0.842. The summed E-state index contributed by atoms with van der Waals surface area (Å²) < 4.78 is 5.51. The zero-order valence-corrected chi connectivity index (χ0v) is 55.0. The van der Waals surface area contributed by atoms with Gasteiger partial charge in [0.1, 0.15) is 0 Å². The molecule has 81 heavy (non-hydrogen) atoms. The van der Waals surface area contributed by atoms with E-state index in [1.54, 1.807) is 6.08 Å². The highest BCUT2D eigenvalue weighted by Gasteiger charge is 2.18. The molecule has 0 spiro atoms. The van der Waals surface area contributed by atoms with Crippen molar-refractivity contribution in [3.05, 3.63) is 24.3 Å². The Balaban J connectivity index is 3.34. The highest BCUT2D eigenvalue weighted by atomic mass is 16.5. The van der Waals surface area contributed by atoms with E-state index in [0.717, 1.165) is 44.9 Å². The Morgan fingerprint density at radius 3 is 0.877 bits per heavy atom. The molecule has 0 aliphatic rings. The van der Waals surface area contributed by atoms with Crippen LogP contribution in [0.3, 0.4) is 0 Å². The van der Waals surface area contributed by atoms with E-state index in [1.807, 2.05) is 6.08 Å². The molecule has 0 aromatic rings. The lowest BCUT2D eigenvalue weighted by molar-refractivity contribution is -0.143. The molecule has 0 aliphatic heterocycles.